The lowest BCUT2D eigenvalue weighted by Gasteiger charge is -2.38. The van der Waals surface area contributed by atoms with Crippen molar-refractivity contribution in [2.75, 3.05) is 6.61 Å². The number of alkyl halides is 2. The predicted molar refractivity (Wildman–Crippen MR) is 86.2 cm³/mol. The van der Waals surface area contributed by atoms with E-state index >= 15 is 0 Å². The molecule has 7 heteroatoms. The maximum atomic E-state index is 12.3. The third kappa shape index (κ3) is 4.91. The number of carbonyl (C=O) groups is 1. The molecule has 132 valence electrons. The molecule has 1 aromatic carbocycles. The second-order valence-electron chi connectivity index (χ2n) is 5.85. The van der Waals surface area contributed by atoms with Crippen LogP contribution in [0.4, 0.5) is 8.78 Å². The molecule has 0 spiro atoms. The molecular formula is C17H22F2N2O3. The molecule has 1 fully saturated rings. The van der Waals surface area contributed by atoms with Gasteiger partial charge in [0, 0.05) is 17.6 Å². The van der Waals surface area contributed by atoms with Gasteiger partial charge < -0.3 is 14.5 Å². The molecule has 1 aromatic rings. The van der Waals surface area contributed by atoms with Crippen molar-refractivity contribution in [3.8, 4) is 5.75 Å². The quantitative estimate of drug-likeness (QED) is 0.589. The van der Waals surface area contributed by atoms with Gasteiger partial charge in [0.05, 0.1) is 6.21 Å². The minimum absolute atomic E-state index is 0.00412. The monoisotopic (exact) mass is 340 g/mol. The summed E-state index contributed by atoms with van der Waals surface area (Å²) < 4.78 is 29.0. The number of ether oxygens (including phenoxy) is 1. The average molecular weight is 340 g/mol. The lowest BCUT2D eigenvalue weighted by atomic mass is 9.97. The van der Waals surface area contributed by atoms with Crippen molar-refractivity contribution in [2.45, 2.75) is 51.8 Å². The smallest absolute Gasteiger partial charge is 0.387 e. The van der Waals surface area contributed by atoms with Gasteiger partial charge in [0.1, 0.15) is 5.75 Å². The second-order valence-corrected chi connectivity index (χ2v) is 5.85. The summed E-state index contributed by atoms with van der Waals surface area (Å²) in [5.74, 6) is -0.117. The van der Waals surface area contributed by atoms with Crippen LogP contribution in [0.2, 0.25) is 0 Å². The third-order valence-corrected chi connectivity index (χ3v) is 4.07. The summed E-state index contributed by atoms with van der Waals surface area (Å²) in [6.07, 6.45) is 4.34. The topological polar surface area (TPSA) is 51.1 Å². The van der Waals surface area contributed by atoms with Gasteiger partial charge in [0.2, 0.25) is 0 Å². The van der Waals surface area contributed by atoms with E-state index in [-0.39, 0.29) is 30.3 Å². The third-order valence-electron chi connectivity index (χ3n) is 4.07. The van der Waals surface area contributed by atoms with E-state index in [2.05, 4.69) is 9.89 Å². The normalized spacial score (nSPS) is 21.3. The van der Waals surface area contributed by atoms with Gasteiger partial charge >= 0.3 is 6.61 Å². The SMILES string of the molecule is CC1CCCC(C)N1C(=O)CON=Cc1ccccc1OC(F)F. The lowest BCUT2D eigenvalue weighted by molar-refractivity contribution is -0.142. The van der Waals surface area contributed by atoms with E-state index < -0.39 is 6.61 Å². The van der Waals surface area contributed by atoms with Crippen LogP contribution >= 0.6 is 0 Å². The van der Waals surface area contributed by atoms with Crippen molar-refractivity contribution >= 4 is 12.1 Å². The molecule has 2 rings (SSSR count). The highest BCUT2D eigenvalue weighted by Gasteiger charge is 2.28. The molecule has 0 N–H and O–H groups in total. The lowest BCUT2D eigenvalue weighted by Crippen LogP contribution is -2.48. The molecular weight excluding hydrogens is 318 g/mol. The van der Waals surface area contributed by atoms with Crippen LogP contribution in [0, 0.1) is 0 Å². The number of likely N-dealkylation sites (tertiary alicyclic amines) is 1. The molecule has 5 nitrogen and oxygen atoms in total. The van der Waals surface area contributed by atoms with Gasteiger partial charge in [-0.15, -0.1) is 0 Å². The highest BCUT2D eigenvalue weighted by Crippen LogP contribution is 2.22. The van der Waals surface area contributed by atoms with Gasteiger partial charge in [-0.1, -0.05) is 17.3 Å². The predicted octanol–water partition coefficient (Wildman–Crippen LogP) is 3.43. The summed E-state index contributed by atoms with van der Waals surface area (Å²) in [6.45, 7) is 0.955. The Kier molecular flexibility index (Phi) is 6.52. The Labute approximate surface area is 140 Å². The zero-order valence-electron chi connectivity index (χ0n) is 13.8. The largest absolute Gasteiger partial charge is 0.434 e. The first-order chi connectivity index (χ1) is 11.5. The number of nitrogens with zero attached hydrogens (tertiary/aromatic N) is 2. The van der Waals surface area contributed by atoms with Gasteiger partial charge in [-0.3, -0.25) is 4.79 Å². The number of rotatable bonds is 6. The number of hydrogen-bond acceptors (Lipinski definition) is 4. The van der Waals surface area contributed by atoms with Crippen LogP contribution in [0.1, 0.15) is 38.7 Å². The first-order valence-corrected chi connectivity index (χ1v) is 7.99. The average Bonchev–Trinajstić information content (AvgIpc) is 2.52. The number of halogens is 2. The van der Waals surface area contributed by atoms with E-state index in [9.17, 15) is 13.6 Å². The van der Waals surface area contributed by atoms with E-state index in [4.69, 9.17) is 4.84 Å². The van der Waals surface area contributed by atoms with E-state index in [0.29, 0.717) is 5.56 Å². The number of hydrogen-bond donors (Lipinski definition) is 0. The minimum Gasteiger partial charge on any atom is -0.434 e. The Morgan fingerprint density at radius 2 is 2.00 bits per heavy atom. The Morgan fingerprint density at radius 3 is 2.67 bits per heavy atom. The fraction of sp³-hybridized carbons (Fsp3) is 0.529. The van der Waals surface area contributed by atoms with Crippen LogP contribution in [0.25, 0.3) is 0 Å². The minimum atomic E-state index is -2.91. The van der Waals surface area contributed by atoms with Crippen molar-refractivity contribution in [3.63, 3.8) is 0 Å². The molecule has 1 saturated heterocycles. The van der Waals surface area contributed by atoms with Gasteiger partial charge in [0.25, 0.3) is 5.91 Å². The van der Waals surface area contributed by atoms with E-state index in [1.54, 1.807) is 18.2 Å². The molecule has 0 aromatic heterocycles. The van der Waals surface area contributed by atoms with Crippen molar-refractivity contribution in [2.24, 2.45) is 5.16 Å². The molecule has 24 heavy (non-hydrogen) atoms. The van der Waals surface area contributed by atoms with Crippen LogP contribution < -0.4 is 4.74 Å². The number of carbonyl (C=O) groups excluding carboxylic acids is 1. The maximum absolute atomic E-state index is 12.3. The highest BCUT2D eigenvalue weighted by atomic mass is 19.3. The standard InChI is InChI=1S/C17H22F2N2O3/c1-12-6-5-7-13(2)21(12)16(22)11-23-20-10-14-8-3-4-9-15(14)24-17(18)19/h3-4,8-10,12-13,17H,5-7,11H2,1-2H3. The molecule has 0 bridgehead atoms. The number of para-hydroxylation sites is 1. The van der Waals surface area contributed by atoms with Crippen molar-refractivity contribution in [3.05, 3.63) is 29.8 Å². The van der Waals surface area contributed by atoms with Gasteiger partial charge in [0.15, 0.2) is 6.61 Å². The summed E-state index contributed by atoms with van der Waals surface area (Å²) >= 11 is 0. The number of oxime groups is 1. The molecule has 2 atom stereocenters. The van der Waals surface area contributed by atoms with Gasteiger partial charge in [-0.2, -0.15) is 8.78 Å². The van der Waals surface area contributed by atoms with Crippen LogP contribution in [0.3, 0.4) is 0 Å². The molecule has 2 unspecified atom stereocenters. The first kappa shape index (κ1) is 18.2. The molecule has 1 heterocycles. The molecule has 0 aliphatic carbocycles. The number of benzene rings is 1. The summed E-state index contributed by atoms with van der Waals surface area (Å²) in [5.41, 5.74) is 0.352. The second kappa shape index (κ2) is 8.61. The molecule has 1 aliphatic rings. The van der Waals surface area contributed by atoms with Crippen molar-refractivity contribution in [1.82, 2.24) is 4.90 Å². The Bertz CT molecular complexity index is 571. The van der Waals surface area contributed by atoms with Crippen LogP contribution in [-0.2, 0) is 9.63 Å². The Hall–Kier alpha value is -2.18. The molecule has 0 radical (unpaired) electrons. The van der Waals surface area contributed by atoms with Crippen LogP contribution in [0.5, 0.6) is 5.75 Å². The summed E-state index contributed by atoms with van der Waals surface area (Å²) in [7, 11) is 0. The number of piperidine rings is 1. The van der Waals surface area contributed by atoms with Gasteiger partial charge in [-0.05, 0) is 45.2 Å². The van der Waals surface area contributed by atoms with Gasteiger partial charge in [-0.25, -0.2) is 0 Å². The molecule has 1 amide bonds. The Morgan fingerprint density at radius 1 is 1.33 bits per heavy atom. The summed E-state index contributed by atoms with van der Waals surface area (Å²) in [6, 6.07) is 6.61. The van der Waals surface area contributed by atoms with E-state index in [0.717, 1.165) is 19.3 Å². The van der Waals surface area contributed by atoms with E-state index in [1.807, 2.05) is 18.7 Å². The highest BCUT2D eigenvalue weighted by molar-refractivity contribution is 5.83. The maximum Gasteiger partial charge on any atom is 0.387 e. The Balaban J connectivity index is 1.89. The van der Waals surface area contributed by atoms with Crippen LogP contribution in [0.15, 0.2) is 29.4 Å². The fourth-order valence-corrected chi connectivity index (χ4v) is 2.96. The molecule has 0 saturated carbocycles. The summed E-state index contributed by atoms with van der Waals surface area (Å²) in [5, 5.41) is 3.70. The van der Waals surface area contributed by atoms with Crippen molar-refractivity contribution in [1.29, 1.82) is 0 Å². The van der Waals surface area contributed by atoms with E-state index in [1.165, 1.54) is 12.3 Å². The van der Waals surface area contributed by atoms with Crippen molar-refractivity contribution < 1.29 is 23.1 Å². The summed E-state index contributed by atoms with van der Waals surface area (Å²) in [4.78, 5) is 19.1. The molecule has 1 aliphatic heterocycles. The zero-order chi connectivity index (χ0) is 17.5. The number of amides is 1. The van der Waals surface area contributed by atoms with Crippen LogP contribution in [-0.4, -0.2) is 42.3 Å². The first-order valence-electron chi connectivity index (χ1n) is 7.99. The zero-order valence-corrected chi connectivity index (χ0v) is 13.8. The fourth-order valence-electron chi connectivity index (χ4n) is 2.96.